The fourth-order valence-corrected chi connectivity index (χ4v) is 1.09. The average molecular weight is 151 g/mol. The molecule has 0 radical (unpaired) electrons. The van der Waals surface area contributed by atoms with Crippen molar-refractivity contribution >= 4 is 6.72 Å². The lowest BCUT2D eigenvalue weighted by Crippen LogP contribution is -1.94. The Kier molecular flexibility index (Phi) is 4.51. The van der Waals surface area contributed by atoms with E-state index < -0.39 is 0 Å². The standard InChI is InChI=1S/C10H17N/c1-6-9(8(3)4)10(7-2)11-5/h6,8H,1,5,7H2,2-4H3/b10-9+. The van der Waals surface area contributed by atoms with Gasteiger partial charge < -0.3 is 0 Å². The van der Waals surface area contributed by atoms with Gasteiger partial charge in [0.25, 0.3) is 0 Å². The quantitative estimate of drug-likeness (QED) is 0.432. The van der Waals surface area contributed by atoms with Gasteiger partial charge in [0.1, 0.15) is 0 Å². The molecule has 0 aromatic heterocycles. The van der Waals surface area contributed by atoms with Crippen LogP contribution in [0.1, 0.15) is 27.2 Å². The minimum atomic E-state index is 0.493. The molecule has 0 aliphatic heterocycles. The summed E-state index contributed by atoms with van der Waals surface area (Å²) in [6.07, 6.45) is 2.81. The Morgan fingerprint density at radius 1 is 1.55 bits per heavy atom. The SMILES string of the molecule is C=C/C(=C(/CC)N=C)C(C)C. The van der Waals surface area contributed by atoms with Crippen LogP contribution in [0.2, 0.25) is 0 Å². The van der Waals surface area contributed by atoms with Crippen molar-refractivity contribution in [2.24, 2.45) is 10.9 Å². The Hall–Kier alpha value is -0.850. The molecule has 11 heavy (non-hydrogen) atoms. The predicted molar refractivity (Wildman–Crippen MR) is 51.9 cm³/mol. The summed E-state index contributed by atoms with van der Waals surface area (Å²) in [5.74, 6) is 0.493. The Labute approximate surface area is 69.5 Å². The van der Waals surface area contributed by atoms with E-state index in [9.17, 15) is 0 Å². The van der Waals surface area contributed by atoms with E-state index >= 15 is 0 Å². The fourth-order valence-electron chi connectivity index (χ4n) is 1.09. The monoisotopic (exact) mass is 151 g/mol. The van der Waals surface area contributed by atoms with Gasteiger partial charge in [-0.15, -0.1) is 0 Å². The number of aliphatic imine (C=N–C) groups is 1. The van der Waals surface area contributed by atoms with Crippen molar-refractivity contribution in [2.75, 3.05) is 0 Å². The third-order valence-electron chi connectivity index (χ3n) is 1.70. The Morgan fingerprint density at radius 3 is 2.18 bits per heavy atom. The van der Waals surface area contributed by atoms with Crippen LogP contribution in [0.5, 0.6) is 0 Å². The molecule has 1 heteroatoms. The zero-order valence-corrected chi connectivity index (χ0v) is 7.72. The summed E-state index contributed by atoms with van der Waals surface area (Å²) in [6, 6.07) is 0. The highest BCUT2D eigenvalue weighted by Gasteiger charge is 2.03. The zero-order chi connectivity index (χ0) is 8.85. The van der Waals surface area contributed by atoms with Crippen molar-refractivity contribution in [3.8, 4) is 0 Å². The van der Waals surface area contributed by atoms with Gasteiger partial charge in [-0.1, -0.05) is 33.4 Å². The molecule has 0 aromatic carbocycles. The molecule has 0 aromatic rings. The van der Waals surface area contributed by atoms with Crippen molar-refractivity contribution in [3.63, 3.8) is 0 Å². The van der Waals surface area contributed by atoms with Gasteiger partial charge in [0.05, 0.1) is 0 Å². The first kappa shape index (κ1) is 10.2. The molecule has 0 saturated heterocycles. The van der Waals surface area contributed by atoms with E-state index in [-0.39, 0.29) is 0 Å². The molecule has 0 saturated carbocycles. The van der Waals surface area contributed by atoms with Gasteiger partial charge in [0.15, 0.2) is 0 Å². The molecule has 0 unspecified atom stereocenters. The second kappa shape index (κ2) is 4.89. The van der Waals surface area contributed by atoms with Gasteiger partial charge in [0.2, 0.25) is 0 Å². The van der Waals surface area contributed by atoms with Crippen LogP contribution in [0.15, 0.2) is 28.9 Å². The predicted octanol–water partition coefficient (Wildman–Crippen LogP) is 3.19. The molecule has 62 valence electrons. The Balaban J connectivity index is 4.76. The first-order valence-corrected chi connectivity index (χ1v) is 3.99. The molecule has 0 N–H and O–H groups in total. The number of hydrogen-bond donors (Lipinski definition) is 0. The summed E-state index contributed by atoms with van der Waals surface area (Å²) in [4.78, 5) is 3.96. The van der Waals surface area contributed by atoms with Crippen LogP contribution in [-0.2, 0) is 0 Å². The smallest absolute Gasteiger partial charge is 0.0427 e. The van der Waals surface area contributed by atoms with E-state index in [1.54, 1.807) is 0 Å². The van der Waals surface area contributed by atoms with Crippen molar-refractivity contribution in [1.29, 1.82) is 0 Å². The lowest BCUT2D eigenvalue weighted by atomic mass is 10.0. The highest BCUT2D eigenvalue weighted by Crippen LogP contribution is 2.18. The van der Waals surface area contributed by atoms with Crippen LogP contribution in [0.25, 0.3) is 0 Å². The summed E-state index contributed by atoms with van der Waals surface area (Å²) in [7, 11) is 0. The van der Waals surface area contributed by atoms with Gasteiger partial charge >= 0.3 is 0 Å². The summed E-state index contributed by atoms with van der Waals surface area (Å²) in [5, 5.41) is 0. The molecule has 0 rings (SSSR count). The van der Waals surface area contributed by atoms with Crippen LogP contribution in [0, 0.1) is 5.92 Å². The van der Waals surface area contributed by atoms with E-state index in [0.29, 0.717) is 5.92 Å². The lowest BCUT2D eigenvalue weighted by Gasteiger charge is -2.09. The zero-order valence-electron chi connectivity index (χ0n) is 7.72. The van der Waals surface area contributed by atoms with Crippen molar-refractivity contribution in [2.45, 2.75) is 27.2 Å². The summed E-state index contributed by atoms with van der Waals surface area (Å²) in [6.45, 7) is 13.6. The van der Waals surface area contributed by atoms with Gasteiger partial charge in [-0.25, -0.2) is 0 Å². The molecule has 0 amide bonds. The van der Waals surface area contributed by atoms with Crippen LogP contribution in [0.3, 0.4) is 0 Å². The largest absolute Gasteiger partial charge is 0.269 e. The van der Waals surface area contributed by atoms with Gasteiger partial charge in [-0.05, 0) is 24.6 Å². The fraction of sp³-hybridized carbons (Fsp3) is 0.500. The molecule has 0 atom stereocenters. The van der Waals surface area contributed by atoms with Gasteiger partial charge in [0, 0.05) is 5.70 Å². The molecule has 0 heterocycles. The van der Waals surface area contributed by atoms with Crippen LogP contribution in [0.4, 0.5) is 0 Å². The number of nitrogens with zero attached hydrogens (tertiary/aromatic N) is 1. The maximum absolute atomic E-state index is 3.96. The molecule has 0 spiro atoms. The van der Waals surface area contributed by atoms with E-state index in [2.05, 4.69) is 39.1 Å². The number of allylic oxidation sites excluding steroid dienone is 3. The first-order valence-electron chi connectivity index (χ1n) is 3.99. The maximum atomic E-state index is 3.96. The average Bonchev–Trinajstić information content (AvgIpc) is 1.99. The molecule has 0 bridgehead atoms. The highest BCUT2D eigenvalue weighted by atomic mass is 14.7. The molecule has 0 fully saturated rings. The molecule has 1 nitrogen and oxygen atoms in total. The van der Waals surface area contributed by atoms with E-state index in [1.165, 1.54) is 5.57 Å². The third-order valence-corrected chi connectivity index (χ3v) is 1.70. The molecular weight excluding hydrogens is 134 g/mol. The summed E-state index contributed by atoms with van der Waals surface area (Å²) >= 11 is 0. The highest BCUT2D eigenvalue weighted by molar-refractivity contribution is 5.34. The summed E-state index contributed by atoms with van der Waals surface area (Å²) in [5.41, 5.74) is 2.28. The van der Waals surface area contributed by atoms with Gasteiger partial charge in [-0.2, -0.15) is 0 Å². The second-order valence-corrected chi connectivity index (χ2v) is 2.77. The third kappa shape index (κ3) is 2.71. The maximum Gasteiger partial charge on any atom is 0.0427 e. The Morgan fingerprint density at radius 2 is 2.09 bits per heavy atom. The topological polar surface area (TPSA) is 12.4 Å². The number of rotatable bonds is 4. The minimum absolute atomic E-state index is 0.493. The van der Waals surface area contributed by atoms with E-state index in [1.807, 2.05) is 6.08 Å². The molecule has 0 aliphatic carbocycles. The van der Waals surface area contributed by atoms with Gasteiger partial charge in [-0.3, -0.25) is 4.99 Å². The van der Waals surface area contributed by atoms with Crippen LogP contribution < -0.4 is 0 Å². The number of hydrogen-bond acceptors (Lipinski definition) is 1. The molecular formula is C10H17N. The summed E-state index contributed by atoms with van der Waals surface area (Å²) < 4.78 is 0. The lowest BCUT2D eigenvalue weighted by molar-refractivity contribution is 0.769. The Bertz CT molecular complexity index is 175. The molecule has 0 aliphatic rings. The van der Waals surface area contributed by atoms with Crippen LogP contribution >= 0.6 is 0 Å². The normalized spacial score (nSPS) is 12.7. The second-order valence-electron chi connectivity index (χ2n) is 2.77. The van der Waals surface area contributed by atoms with E-state index in [4.69, 9.17) is 0 Å². The van der Waals surface area contributed by atoms with Crippen molar-refractivity contribution in [3.05, 3.63) is 23.9 Å². The minimum Gasteiger partial charge on any atom is -0.269 e. The van der Waals surface area contributed by atoms with Crippen LogP contribution in [-0.4, -0.2) is 6.72 Å². The first-order chi connectivity index (χ1) is 5.17. The van der Waals surface area contributed by atoms with E-state index in [0.717, 1.165) is 12.1 Å². The van der Waals surface area contributed by atoms with Crippen molar-refractivity contribution in [1.82, 2.24) is 0 Å². The van der Waals surface area contributed by atoms with Crippen molar-refractivity contribution < 1.29 is 0 Å².